The molecular weight excluding hydrogens is 260 g/mol. The van der Waals surface area contributed by atoms with Gasteiger partial charge in [0.05, 0.1) is 5.39 Å². The summed E-state index contributed by atoms with van der Waals surface area (Å²) < 4.78 is 5.79. The van der Waals surface area contributed by atoms with Crippen LogP contribution in [0.5, 0.6) is 0 Å². The molecule has 0 saturated heterocycles. The minimum absolute atomic E-state index is 0.675. The van der Waals surface area contributed by atoms with Gasteiger partial charge in [-0.25, -0.2) is 4.98 Å². The van der Waals surface area contributed by atoms with E-state index in [9.17, 15) is 0 Å². The van der Waals surface area contributed by atoms with E-state index in [4.69, 9.17) is 4.42 Å². The minimum atomic E-state index is 0.675. The Labute approximate surface area is 122 Å². The number of hydrogen-bond acceptors (Lipinski definition) is 3. The molecule has 0 fully saturated rings. The van der Waals surface area contributed by atoms with Crippen LogP contribution in [0.1, 0.15) is 5.56 Å². The Kier molecular flexibility index (Phi) is 2.82. The Morgan fingerprint density at radius 2 is 1.71 bits per heavy atom. The fourth-order valence-electron chi connectivity index (χ4n) is 2.59. The lowest BCUT2D eigenvalue weighted by molar-refractivity contribution is 0.654. The van der Waals surface area contributed by atoms with Crippen LogP contribution < -0.4 is 5.32 Å². The third kappa shape index (κ3) is 2.13. The number of nitrogens with zero attached hydrogens (tertiary/aromatic N) is 1. The molecule has 0 unspecified atom stereocenters. The molecule has 0 atom stereocenters. The highest BCUT2D eigenvalue weighted by molar-refractivity contribution is 6.09. The van der Waals surface area contributed by atoms with Crippen LogP contribution in [0.2, 0.25) is 0 Å². The van der Waals surface area contributed by atoms with Gasteiger partial charge in [-0.15, -0.1) is 0 Å². The summed E-state index contributed by atoms with van der Waals surface area (Å²) in [4.78, 5) is 4.33. The molecular formula is C18H14N2O. The Morgan fingerprint density at radius 3 is 2.62 bits per heavy atom. The van der Waals surface area contributed by atoms with Crippen LogP contribution in [0.4, 0.5) is 5.69 Å². The maximum Gasteiger partial charge on any atom is 0.229 e. The van der Waals surface area contributed by atoms with Crippen LogP contribution in [0.25, 0.3) is 22.1 Å². The van der Waals surface area contributed by atoms with Gasteiger partial charge < -0.3 is 9.73 Å². The number of benzene rings is 2. The molecule has 0 amide bonds. The molecule has 4 aromatic rings. The van der Waals surface area contributed by atoms with Crippen molar-refractivity contribution in [1.82, 2.24) is 4.98 Å². The van der Waals surface area contributed by atoms with Crippen LogP contribution >= 0.6 is 0 Å². The van der Waals surface area contributed by atoms with Gasteiger partial charge in [-0.1, -0.05) is 48.5 Å². The number of hydrogen-bond donors (Lipinski definition) is 1. The van der Waals surface area contributed by atoms with Gasteiger partial charge in [0.25, 0.3) is 0 Å². The van der Waals surface area contributed by atoms with Crippen molar-refractivity contribution in [2.45, 2.75) is 6.54 Å². The molecule has 2 aromatic carbocycles. The summed E-state index contributed by atoms with van der Waals surface area (Å²) in [5.41, 5.74) is 3.84. The summed E-state index contributed by atoms with van der Waals surface area (Å²) in [6.07, 6.45) is 1.78. The van der Waals surface area contributed by atoms with E-state index < -0.39 is 0 Å². The van der Waals surface area contributed by atoms with E-state index in [1.54, 1.807) is 6.20 Å². The molecule has 4 rings (SSSR count). The average molecular weight is 274 g/mol. The topological polar surface area (TPSA) is 38.1 Å². The lowest BCUT2D eigenvalue weighted by atomic mass is 10.1. The second-order valence-corrected chi connectivity index (χ2v) is 4.98. The lowest BCUT2D eigenvalue weighted by Crippen LogP contribution is -1.99. The summed E-state index contributed by atoms with van der Waals surface area (Å²) in [5.74, 6) is 0. The van der Waals surface area contributed by atoms with Gasteiger partial charge in [-0.3, -0.25) is 0 Å². The van der Waals surface area contributed by atoms with Crippen LogP contribution in [0.15, 0.2) is 71.3 Å². The number of fused-ring (bicyclic) bond motifs is 3. The smallest absolute Gasteiger partial charge is 0.229 e. The van der Waals surface area contributed by atoms with E-state index in [0.717, 1.165) is 28.6 Å². The Bertz CT molecular complexity index is 897. The minimum Gasteiger partial charge on any atom is -0.438 e. The standard InChI is InChI=1S/C18H14N2O/c1-2-6-13(7-3-1)12-20-15-10-11-19-18-17(15)14-8-4-5-9-16(14)21-18/h1-11H,12H2,(H,19,20). The van der Waals surface area contributed by atoms with E-state index in [-0.39, 0.29) is 0 Å². The van der Waals surface area contributed by atoms with Crippen molar-refractivity contribution in [3.8, 4) is 0 Å². The monoisotopic (exact) mass is 274 g/mol. The fraction of sp³-hybridized carbons (Fsp3) is 0.0556. The molecule has 0 spiro atoms. The highest BCUT2D eigenvalue weighted by Crippen LogP contribution is 2.32. The number of aromatic nitrogens is 1. The van der Waals surface area contributed by atoms with Crippen LogP contribution in [-0.2, 0) is 6.54 Å². The largest absolute Gasteiger partial charge is 0.438 e. The molecule has 0 radical (unpaired) electrons. The van der Waals surface area contributed by atoms with Crippen molar-refractivity contribution < 1.29 is 4.42 Å². The first-order chi connectivity index (χ1) is 10.4. The summed E-state index contributed by atoms with van der Waals surface area (Å²) in [6, 6.07) is 20.4. The normalized spacial score (nSPS) is 11.0. The second kappa shape index (κ2) is 4.94. The molecule has 0 aliphatic carbocycles. The fourth-order valence-corrected chi connectivity index (χ4v) is 2.59. The van der Waals surface area contributed by atoms with Crippen LogP contribution in [-0.4, -0.2) is 4.98 Å². The summed E-state index contributed by atoms with van der Waals surface area (Å²) in [6.45, 7) is 0.777. The van der Waals surface area contributed by atoms with Crippen molar-refractivity contribution in [1.29, 1.82) is 0 Å². The predicted octanol–water partition coefficient (Wildman–Crippen LogP) is 4.59. The SMILES string of the molecule is c1ccc(CNc2ccnc3oc4ccccc4c23)cc1. The first kappa shape index (κ1) is 12.0. The first-order valence-electron chi connectivity index (χ1n) is 6.96. The third-order valence-corrected chi connectivity index (χ3v) is 3.61. The van der Waals surface area contributed by atoms with E-state index in [2.05, 4.69) is 28.5 Å². The molecule has 0 aliphatic heterocycles. The van der Waals surface area contributed by atoms with Crippen molar-refractivity contribution in [2.24, 2.45) is 0 Å². The Morgan fingerprint density at radius 1 is 0.905 bits per heavy atom. The molecule has 2 heterocycles. The lowest BCUT2D eigenvalue weighted by Gasteiger charge is -2.07. The van der Waals surface area contributed by atoms with Crippen molar-refractivity contribution in [2.75, 3.05) is 5.32 Å². The number of pyridine rings is 1. The van der Waals surface area contributed by atoms with Gasteiger partial charge in [0, 0.05) is 23.8 Å². The predicted molar refractivity (Wildman–Crippen MR) is 85.3 cm³/mol. The molecule has 0 bridgehead atoms. The number of nitrogens with one attached hydrogen (secondary N) is 1. The second-order valence-electron chi connectivity index (χ2n) is 4.98. The molecule has 3 heteroatoms. The van der Waals surface area contributed by atoms with Gasteiger partial charge >= 0.3 is 0 Å². The average Bonchev–Trinajstić information content (AvgIpc) is 2.93. The van der Waals surface area contributed by atoms with Crippen molar-refractivity contribution >= 4 is 27.8 Å². The van der Waals surface area contributed by atoms with Crippen molar-refractivity contribution in [3.05, 3.63) is 72.4 Å². The van der Waals surface area contributed by atoms with E-state index in [1.807, 2.05) is 42.5 Å². The van der Waals surface area contributed by atoms with Gasteiger partial charge in [0.2, 0.25) is 5.71 Å². The Hall–Kier alpha value is -2.81. The zero-order valence-corrected chi connectivity index (χ0v) is 11.4. The number of para-hydroxylation sites is 1. The molecule has 3 nitrogen and oxygen atoms in total. The van der Waals surface area contributed by atoms with E-state index in [0.29, 0.717) is 5.71 Å². The summed E-state index contributed by atoms with van der Waals surface area (Å²) >= 11 is 0. The molecule has 2 aromatic heterocycles. The maximum atomic E-state index is 5.79. The molecule has 1 N–H and O–H groups in total. The quantitative estimate of drug-likeness (QED) is 0.593. The Balaban J connectivity index is 1.78. The molecule has 21 heavy (non-hydrogen) atoms. The molecule has 102 valence electrons. The maximum absolute atomic E-state index is 5.79. The number of furan rings is 1. The van der Waals surface area contributed by atoms with Crippen molar-refractivity contribution in [3.63, 3.8) is 0 Å². The number of rotatable bonds is 3. The highest BCUT2D eigenvalue weighted by Gasteiger charge is 2.11. The van der Waals surface area contributed by atoms with Gasteiger partial charge in [-0.2, -0.15) is 0 Å². The number of anilines is 1. The zero-order valence-electron chi connectivity index (χ0n) is 11.4. The first-order valence-corrected chi connectivity index (χ1v) is 6.96. The van der Waals surface area contributed by atoms with Gasteiger partial charge in [0.15, 0.2) is 0 Å². The summed E-state index contributed by atoms with van der Waals surface area (Å²) in [5, 5.41) is 5.62. The van der Waals surface area contributed by atoms with E-state index in [1.165, 1.54) is 5.56 Å². The molecule has 0 saturated carbocycles. The van der Waals surface area contributed by atoms with Crippen LogP contribution in [0.3, 0.4) is 0 Å². The van der Waals surface area contributed by atoms with Gasteiger partial charge in [0.1, 0.15) is 5.58 Å². The summed E-state index contributed by atoms with van der Waals surface area (Å²) in [7, 11) is 0. The highest BCUT2D eigenvalue weighted by atomic mass is 16.3. The van der Waals surface area contributed by atoms with E-state index >= 15 is 0 Å². The zero-order chi connectivity index (χ0) is 14.1. The molecule has 0 aliphatic rings. The third-order valence-electron chi connectivity index (χ3n) is 3.61. The van der Waals surface area contributed by atoms with Crippen LogP contribution in [0, 0.1) is 0 Å². The van der Waals surface area contributed by atoms with Gasteiger partial charge in [-0.05, 0) is 17.7 Å².